The van der Waals surface area contributed by atoms with E-state index in [2.05, 4.69) is 20.2 Å². The van der Waals surface area contributed by atoms with Crippen LogP contribution in [-0.2, 0) is 11.2 Å². The average molecular weight is 346 g/mol. The monoisotopic (exact) mass is 346 g/mol. The van der Waals surface area contributed by atoms with E-state index in [9.17, 15) is 9.18 Å². The third kappa shape index (κ3) is 5.53. The zero-order valence-electron chi connectivity index (χ0n) is 14.7. The second-order valence-corrected chi connectivity index (χ2v) is 6.80. The molecule has 3 rings (SSSR count). The fourth-order valence-corrected chi connectivity index (χ4v) is 3.36. The number of H-pyrrole nitrogens is 1. The topological polar surface area (TPSA) is 61.0 Å². The zero-order chi connectivity index (χ0) is 17.5. The van der Waals surface area contributed by atoms with Crippen LogP contribution in [0.3, 0.4) is 0 Å². The first-order valence-corrected chi connectivity index (χ1v) is 9.34. The molecule has 0 bridgehead atoms. The molecule has 25 heavy (non-hydrogen) atoms. The average Bonchev–Trinajstić information content (AvgIpc) is 2.95. The second kappa shape index (κ2) is 8.94. The van der Waals surface area contributed by atoms with E-state index in [4.69, 9.17) is 0 Å². The normalized spacial score (nSPS) is 16.5. The lowest BCUT2D eigenvalue weighted by Gasteiger charge is -2.24. The number of aromatic nitrogens is 2. The summed E-state index contributed by atoms with van der Waals surface area (Å²) in [5, 5.41) is 2.95. The lowest BCUT2D eigenvalue weighted by Crippen LogP contribution is -2.33. The molecule has 0 unspecified atom stereocenters. The van der Waals surface area contributed by atoms with E-state index in [-0.39, 0.29) is 11.7 Å². The van der Waals surface area contributed by atoms with Gasteiger partial charge in [-0.3, -0.25) is 4.79 Å². The molecule has 0 spiro atoms. The highest BCUT2D eigenvalue weighted by atomic mass is 19.1. The lowest BCUT2D eigenvalue weighted by atomic mass is 10.1. The van der Waals surface area contributed by atoms with E-state index in [0.717, 1.165) is 31.0 Å². The van der Waals surface area contributed by atoms with Gasteiger partial charge in [0, 0.05) is 25.9 Å². The number of imidazole rings is 1. The van der Waals surface area contributed by atoms with Crippen molar-refractivity contribution in [3.8, 4) is 0 Å². The minimum absolute atomic E-state index is 0.0872. The van der Waals surface area contributed by atoms with Crippen LogP contribution in [0.1, 0.15) is 44.3 Å². The van der Waals surface area contributed by atoms with E-state index in [0.29, 0.717) is 24.9 Å². The fourth-order valence-electron chi connectivity index (χ4n) is 3.36. The van der Waals surface area contributed by atoms with Crippen LogP contribution < -0.4 is 5.32 Å². The molecule has 2 heterocycles. The summed E-state index contributed by atoms with van der Waals surface area (Å²) in [6, 6.07) is 4.50. The summed E-state index contributed by atoms with van der Waals surface area (Å²) in [5.41, 5.74) is 1.44. The smallest absolute Gasteiger partial charge is 0.221 e. The van der Waals surface area contributed by atoms with Crippen molar-refractivity contribution in [2.75, 3.05) is 26.2 Å². The quantitative estimate of drug-likeness (QED) is 0.845. The SMILES string of the molecule is O=C(CCN1CCCCCCC1)NCCc1nc2ccc(F)cc2[nH]1. The van der Waals surface area contributed by atoms with Crippen molar-refractivity contribution in [2.45, 2.75) is 44.9 Å². The number of aromatic amines is 1. The van der Waals surface area contributed by atoms with Gasteiger partial charge in [0.25, 0.3) is 0 Å². The third-order valence-electron chi connectivity index (χ3n) is 4.78. The van der Waals surface area contributed by atoms with Crippen LogP contribution in [0, 0.1) is 5.82 Å². The minimum atomic E-state index is -0.278. The van der Waals surface area contributed by atoms with Crippen LogP contribution >= 0.6 is 0 Å². The number of nitrogens with one attached hydrogen (secondary N) is 2. The Bertz CT molecular complexity index is 692. The fraction of sp³-hybridized carbons (Fsp3) is 0.579. The Labute approximate surface area is 148 Å². The molecule has 5 nitrogen and oxygen atoms in total. The first-order valence-electron chi connectivity index (χ1n) is 9.34. The van der Waals surface area contributed by atoms with Gasteiger partial charge in [-0.25, -0.2) is 9.37 Å². The van der Waals surface area contributed by atoms with Crippen molar-refractivity contribution >= 4 is 16.9 Å². The van der Waals surface area contributed by atoms with Crippen LogP contribution in [0.2, 0.25) is 0 Å². The molecule has 1 fully saturated rings. The molecule has 136 valence electrons. The second-order valence-electron chi connectivity index (χ2n) is 6.80. The Morgan fingerprint density at radius 3 is 2.76 bits per heavy atom. The molecule has 1 saturated heterocycles. The Kier molecular flexibility index (Phi) is 6.39. The lowest BCUT2D eigenvalue weighted by molar-refractivity contribution is -0.121. The molecule has 1 aromatic heterocycles. The van der Waals surface area contributed by atoms with E-state index in [1.807, 2.05) is 0 Å². The van der Waals surface area contributed by atoms with Crippen molar-refractivity contribution in [2.24, 2.45) is 0 Å². The predicted molar refractivity (Wildman–Crippen MR) is 96.9 cm³/mol. The first-order chi connectivity index (χ1) is 12.2. The molecule has 0 atom stereocenters. The van der Waals surface area contributed by atoms with Gasteiger partial charge < -0.3 is 15.2 Å². The molecule has 1 aliphatic rings. The number of nitrogens with zero attached hydrogens (tertiary/aromatic N) is 2. The molecule has 6 heteroatoms. The summed E-state index contributed by atoms with van der Waals surface area (Å²) in [7, 11) is 0. The predicted octanol–water partition coefficient (Wildman–Crippen LogP) is 3.02. The van der Waals surface area contributed by atoms with Crippen molar-refractivity contribution in [1.29, 1.82) is 0 Å². The maximum atomic E-state index is 13.2. The molecule has 1 aromatic carbocycles. The number of likely N-dealkylation sites (tertiary alicyclic amines) is 1. The summed E-state index contributed by atoms with van der Waals surface area (Å²) in [6.07, 6.45) is 7.62. The van der Waals surface area contributed by atoms with Gasteiger partial charge in [-0.15, -0.1) is 0 Å². The van der Waals surface area contributed by atoms with Crippen LogP contribution in [0.25, 0.3) is 11.0 Å². The number of rotatable bonds is 6. The molecule has 1 aliphatic heterocycles. The number of hydrogen-bond donors (Lipinski definition) is 2. The highest BCUT2D eigenvalue weighted by molar-refractivity contribution is 5.76. The van der Waals surface area contributed by atoms with Gasteiger partial charge in [0.1, 0.15) is 11.6 Å². The van der Waals surface area contributed by atoms with Crippen LogP contribution in [0.15, 0.2) is 18.2 Å². The number of halogens is 1. The van der Waals surface area contributed by atoms with Gasteiger partial charge in [0.05, 0.1) is 11.0 Å². The maximum absolute atomic E-state index is 13.2. The molecule has 1 amide bonds. The first kappa shape index (κ1) is 17.9. The number of amides is 1. The van der Waals surface area contributed by atoms with Gasteiger partial charge in [0.15, 0.2) is 0 Å². The standard InChI is InChI=1S/C19H27FN4O/c20-15-6-7-16-17(14-15)23-18(22-16)8-10-21-19(25)9-13-24-11-4-2-1-3-5-12-24/h6-7,14H,1-5,8-13H2,(H,21,25)(H,22,23). The molecule has 2 aromatic rings. The number of carbonyl (C=O) groups excluding carboxylic acids is 1. The Hall–Kier alpha value is -1.95. The van der Waals surface area contributed by atoms with E-state index in [1.54, 1.807) is 6.07 Å². The van der Waals surface area contributed by atoms with Gasteiger partial charge in [-0.2, -0.15) is 0 Å². The Morgan fingerprint density at radius 2 is 1.96 bits per heavy atom. The molecule has 0 aliphatic carbocycles. The zero-order valence-corrected chi connectivity index (χ0v) is 14.7. The summed E-state index contributed by atoms with van der Waals surface area (Å²) >= 11 is 0. The highest BCUT2D eigenvalue weighted by Crippen LogP contribution is 2.13. The highest BCUT2D eigenvalue weighted by Gasteiger charge is 2.10. The van der Waals surface area contributed by atoms with Crippen LogP contribution in [0.5, 0.6) is 0 Å². The van der Waals surface area contributed by atoms with Crippen molar-refractivity contribution in [3.05, 3.63) is 29.8 Å². The summed E-state index contributed by atoms with van der Waals surface area (Å²) in [4.78, 5) is 21.9. The van der Waals surface area contributed by atoms with Crippen LogP contribution in [0.4, 0.5) is 4.39 Å². The summed E-state index contributed by atoms with van der Waals surface area (Å²) in [6.45, 7) is 3.61. The maximum Gasteiger partial charge on any atom is 0.221 e. The molecule has 0 radical (unpaired) electrons. The van der Waals surface area contributed by atoms with Crippen molar-refractivity contribution < 1.29 is 9.18 Å². The van der Waals surface area contributed by atoms with Gasteiger partial charge in [0.2, 0.25) is 5.91 Å². The van der Waals surface area contributed by atoms with E-state index in [1.165, 1.54) is 44.2 Å². The molecular formula is C19H27FN4O. The number of fused-ring (bicyclic) bond motifs is 1. The van der Waals surface area contributed by atoms with Crippen molar-refractivity contribution in [3.63, 3.8) is 0 Å². The molecular weight excluding hydrogens is 319 g/mol. The van der Waals surface area contributed by atoms with Gasteiger partial charge >= 0.3 is 0 Å². The molecule has 2 N–H and O–H groups in total. The van der Waals surface area contributed by atoms with Crippen molar-refractivity contribution in [1.82, 2.24) is 20.2 Å². The Balaban J connectivity index is 1.38. The van der Waals surface area contributed by atoms with E-state index >= 15 is 0 Å². The van der Waals surface area contributed by atoms with Gasteiger partial charge in [-0.1, -0.05) is 19.3 Å². The third-order valence-corrected chi connectivity index (χ3v) is 4.78. The molecule has 0 saturated carbocycles. The van der Waals surface area contributed by atoms with E-state index < -0.39 is 0 Å². The van der Waals surface area contributed by atoms with Crippen LogP contribution in [-0.4, -0.2) is 47.0 Å². The van der Waals surface area contributed by atoms with Gasteiger partial charge in [-0.05, 0) is 44.1 Å². The number of hydrogen-bond acceptors (Lipinski definition) is 3. The number of benzene rings is 1. The summed E-state index contributed by atoms with van der Waals surface area (Å²) in [5.74, 6) is 0.578. The Morgan fingerprint density at radius 1 is 1.20 bits per heavy atom. The largest absolute Gasteiger partial charge is 0.356 e. The minimum Gasteiger partial charge on any atom is -0.356 e. The summed E-state index contributed by atoms with van der Waals surface area (Å²) < 4.78 is 13.2. The number of carbonyl (C=O) groups is 1.